The van der Waals surface area contributed by atoms with Crippen LogP contribution in [0, 0.1) is 0 Å². The van der Waals surface area contributed by atoms with Gasteiger partial charge in [0.2, 0.25) is 9.84 Å². The summed E-state index contributed by atoms with van der Waals surface area (Å²) >= 11 is 0. The molecule has 0 aromatic rings. The second kappa shape index (κ2) is 4.68. The summed E-state index contributed by atoms with van der Waals surface area (Å²) in [5.41, 5.74) is 8.40. The Kier molecular flexibility index (Phi) is 4.44. The molecular formula is C6H12N2O4S2. The maximum Gasteiger partial charge on any atom is 0.370 e. The third-order valence-electron chi connectivity index (χ3n) is 1.68. The highest BCUT2D eigenvalue weighted by Crippen LogP contribution is 2.03. The van der Waals surface area contributed by atoms with E-state index in [0.717, 1.165) is 0 Å². The molecule has 8 heteroatoms. The average Bonchev–Trinajstić information content (AvgIpc) is 2.03. The van der Waals surface area contributed by atoms with Crippen molar-refractivity contribution in [2.75, 3.05) is 11.5 Å². The molecule has 0 heterocycles. The van der Waals surface area contributed by atoms with Gasteiger partial charge >= 0.3 is 5.55 Å². The zero-order valence-corrected chi connectivity index (χ0v) is 9.55. The van der Waals surface area contributed by atoms with E-state index in [0.29, 0.717) is 5.55 Å². The van der Waals surface area contributed by atoms with Crippen LogP contribution in [0.15, 0.2) is 0 Å². The van der Waals surface area contributed by atoms with E-state index < -0.39 is 30.7 Å². The fraction of sp³-hybridized carbons (Fsp3) is 0.833. The predicted octanol–water partition coefficient (Wildman–Crippen LogP) is -0.518. The van der Waals surface area contributed by atoms with E-state index in [1.807, 2.05) is 0 Å². The predicted molar refractivity (Wildman–Crippen MR) is 52.4 cm³/mol. The largest absolute Gasteiger partial charge is 0.370 e. The van der Waals surface area contributed by atoms with Crippen molar-refractivity contribution in [3.63, 3.8) is 0 Å². The van der Waals surface area contributed by atoms with Crippen LogP contribution in [0.5, 0.6) is 0 Å². The van der Waals surface area contributed by atoms with Gasteiger partial charge in [0, 0.05) is 5.75 Å². The zero-order chi connectivity index (χ0) is 11.4. The highest BCUT2D eigenvalue weighted by atomic mass is 32.2. The SMILES string of the molecule is CCS(=O)(=O)CC(C)S(=O)(=O)C=[N+]=[N-]. The van der Waals surface area contributed by atoms with Crippen LogP contribution in [0.3, 0.4) is 0 Å². The summed E-state index contributed by atoms with van der Waals surface area (Å²) < 4.78 is 44.5. The van der Waals surface area contributed by atoms with Gasteiger partial charge < -0.3 is 5.53 Å². The van der Waals surface area contributed by atoms with E-state index in [9.17, 15) is 16.8 Å². The van der Waals surface area contributed by atoms with Crippen molar-refractivity contribution in [1.29, 1.82) is 0 Å². The number of hydrogen-bond acceptors (Lipinski definition) is 4. The molecule has 1 atom stereocenters. The van der Waals surface area contributed by atoms with Gasteiger partial charge in [0.1, 0.15) is 0 Å². The summed E-state index contributed by atoms with van der Waals surface area (Å²) in [5.74, 6) is -0.568. The minimum absolute atomic E-state index is 0.108. The van der Waals surface area contributed by atoms with Crippen LogP contribution < -0.4 is 0 Å². The summed E-state index contributed by atoms with van der Waals surface area (Å²) in [6, 6.07) is 0. The number of nitrogens with zero attached hydrogens (tertiary/aromatic N) is 2. The molecule has 0 bridgehead atoms. The van der Waals surface area contributed by atoms with Crippen molar-refractivity contribution < 1.29 is 21.6 Å². The second-order valence-electron chi connectivity index (χ2n) is 2.82. The maximum atomic E-state index is 11.2. The Morgan fingerprint density at radius 2 is 1.86 bits per heavy atom. The Balaban J connectivity index is 4.85. The molecule has 0 aliphatic rings. The molecule has 0 N–H and O–H groups in total. The van der Waals surface area contributed by atoms with Crippen molar-refractivity contribution in [2.24, 2.45) is 0 Å². The lowest BCUT2D eigenvalue weighted by molar-refractivity contribution is 0.00750. The molecule has 6 nitrogen and oxygen atoms in total. The first kappa shape index (κ1) is 13.3. The van der Waals surface area contributed by atoms with E-state index in [4.69, 9.17) is 5.53 Å². The van der Waals surface area contributed by atoms with E-state index in [1.165, 1.54) is 13.8 Å². The lowest BCUT2D eigenvalue weighted by Gasteiger charge is -2.05. The Hall–Kier alpha value is -0.720. The normalized spacial score (nSPS) is 14.4. The van der Waals surface area contributed by atoms with Crippen LogP contribution in [0.4, 0.5) is 0 Å². The Bertz CT molecular complexity index is 430. The summed E-state index contributed by atoms with van der Waals surface area (Å²) in [7, 11) is -7.12. The van der Waals surface area contributed by atoms with Crippen LogP contribution in [0.2, 0.25) is 0 Å². The minimum atomic E-state index is -3.77. The molecule has 0 amide bonds. The summed E-state index contributed by atoms with van der Waals surface area (Å²) in [5, 5.41) is -1.09. The van der Waals surface area contributed by atoms with Crippen LogP contribution in [-0.4, -0.2) is 43.9 Å². The molecule has 0 radical (unpaired) electrons. The molecule has 0 rings (SSSR count). The van der Waals surface area contributed by atoms with Gasteiger partial charge in [-0.1, -0.05) is 6.92 Å². The van der Waals surface area contributed by atoms with E-state index in [-0.39, 0.29) is 5.75 Å². The van der Waals surface area contributed by atoms with Crippen LogP contribution in [-0.2, 0) is 19.7 Å². The molecule has 0 saturated carbocycles. The van der Waals surface area contributed by atoms with Crippen molar-refractivity contribution in [2.45, 2.75) is 19.1 Å². The fourth-order valence-corrected chi connectivity index (χ4v) is 3.41. The first-order valence-electron chi connectivity index (χ1n) is 3.87. The van der Waals surface area contributed by atoms with Crippen molar-refractivity contribution in [3.05, 3.63) is 5.53 Å². The molecule has 14 heavy (non-hydrogen) atoms. The molecule has 0 saturated heterocycles. The van der Waals surface area contributed by atoms with Crippen molar-refractivity contribution in [3.8, 4) is 0 Å². The van der Waals surface area contributed by atoms with Gasteiger partial charge in [0.25, 0.3) is 0 Å². The third kappa shape index (κ3) is 3.99. The molecular weight excluding hydrogens is 228 g/mol. The standard InChI is InChI=1S/C6H12N2O4S2/c1-3-13(9,10)4-6(2)14(11,12)5-8-7/h5-6H,3-4H2,1-2H3. The van der Waals surface area contributed by atoms with Gasteiger partial charge in [0.05, 0.1) is 11.0 Å². The number of hydrogen-bond donors (Lipinski definition) is 0. The van der Waals surface area contributed by atoms with Crippen LogP contribution >= 0.6 is 0 Å². The monoisotopic (exact) mass is 240 g/mol. The maximum absolute atomic E-state index is 11.2. The summed E-state index contributed by atoms with van der Waals surface area (Å²) in [6.07, 6.45) is 0. The highest BCUT2D eigenvalue weighted by Gasteiger charge is 2.27. The van der Waals surface area contributed by atoms with Gasteiger partial charge in [-0.15, -0.1) is 0 Å². The Morgan fingerprint density at radius 3 is 2.21 bits per heavy atom. The van der Waals surface area contributed by atoms with Gasteiger partial charge in [0.15, 0.2) is 9.84 Å². The molecule has 0 fully saturated rings. The molecule has 0 spiro atoms. The van der Waals surface area contributed by atoms with Crippen LogP contribution in [0.25, 0.3) is 5.53 Å². The van der Waals surface area contributed by atoms with Crippen molar-refractivity contribution in [1.82, 2.24) is 0 Å². The average molecular weight is 240 g/mol. The molecule has 0 aliphatic carbocycles. The molecule has 1 unspecified atom stereocenters. The summed E-state index contributed by atoms with van der Waals surface area (Å²) in [4.78, 5) is 2.38. The lowest BCUT2D eigenvalue weighted by atomic mass is 10.6. The van der Waals surface area contributed by atoms with Gasteiger partial charge in [-0.25, -0.2) is 16.8 Å². The Morgan fingerprint density at radius 1 is 1.36 bits per heavy atom. The quantitative estimate of drug-likeness (QED) is 0.279. The number of sulfone groups is 2. The van der Waals surface area contributed by atoms with Crippen molar-refractivity contribution >= 4 is 25.2 Å². The van der Waals surface area contributed by atoms with Gasteiger partial charge in [-0.3, -0.25) is 0 Å². The lowest BCUT2D eigenvalue weighted by Crippen LogP contribution is -2.28. The van der Waals surface area contributed by atoms with E-state index >= 15 is 0 Å². The smallest absolute Gasteiger partial charge is 0.361 e. The molecule has 0 aliphatic heterocycles. The number of rotatable bonds is 5. The molecule has 0 aromatic heterocycles. The first-order valence-corrected chi connectivity index (χ1v) is 7.30. The second-order valence-corrected chi connectivity index (χ2v) is 7.41. The minimum Gasteiger partial charge on any atom is -0.361 e. The zero-order valence-electron chi connectivity index (χ0n) is 7.91. The fourth-order valence-electron chi connectivity index (χ4n) is 0.740. The van der Waals surface area contributed by atoms with Gasteiger partial charge in [-0.2, -0.15) is 4.79 Å². The van der Waals surface area contributed by atoms with E-state index in [1.54, 1.807) is 0 Å². The molecule has 82 valence electrons. The van der Waals surface area contributed by atoms with Crippen LogP contribution in [0.1, 0.15) is 13.8 Å². The third-order valence-corrected chi connectivity index (χ3v) is 5.46. The first-order chi connectivity index (χ1) is 6.25. The van der Waals surface area contributed by atoms with Gasteiger partial charge in [-0.05, 0) is 6.92 Å². The highest BCUT2D eigenvalue weighted by molar-refractivity contribution is 8.05. The molecule has 0 aromatic carbocycles. The van der Waals surface area contributed by atoms with E-state index in [2.05, 4.69) is 4.79 Å². The summed E-state index contributed by atoms with van der Waals surface area (Å²) in [6.45, 7) is 2.69. The Labute approximate surface area is 83.4 Å². The topological polar surface area (TPSA) is 105 Å².